The van der Waals surface area contributed by atoms with Crippen molar-refractivity contribution in [1.82, 2.24) is 4.90 Å². The van der Waals surface area contributed by atoms with E-state index in [1.165, 1.54) is 9.80 Å². The molecular formula is C14H18N2O4. The number of aliphatic hydroxyl groups is 1. The van der Waals surface area contributed by atoms with E-state index in [1.807, 2.05) is 25.1 Å². The van der Waals surface area contributed by atoms with Crippen LogP contribution in [0.25, 0.3) is 0 Å². The average molecular weight is 278 g/mol. The van der Waals surface area contributed by atoms with Gasteiger partial charge in [-0.15, -0.1) is 0 Å². The standard InChI is InChI=1S/C14H18N2O4/c1-9-4-3-5-10(6-9)15(2)14(20)16-8-11(17)7-12(16)13(18)19/h3-6,11-12,17H,7-8H2,1-2H3,(H,18,19)/t11-,12-/m0/s1. The molecule has 6 heteroatoms. The lowest BCUT2D eigenvalue weighted by molar-refractivity contribution is -0.141. The van der Waals surface area contributed by atoms with Gasteiger partial charge < -0.3 is 15.1 Å². The molecule has 1 aromatic rings. The number of carboxylic acids is 1. The summed E-state index contributed by atoms with van der Waals surface area (Å²) in [6.07, 6.45) is -0.714. The molecule has 0 aromatic heterocycles. The predicted molar refractivity (Wildman–Crippen MR) is 73.7 cm³/mol. The van der Waals surface area contributed by atoms with Crippen molar-refractivity contribution in [3.63, 3.8) is 0 Å². The van der Waals surface area contributed by atoms with Gasteiger partial charge in [0.15, 0.2) is 0 Å². The first kappa shape index (κ1) is 14.3. The summed E-state index contributed by atoms with van der Waals surface area (Å²) in [6.45, 7) is 1.97. The summed E-state index contributed by atoms with van der Waals surface area (Å²) in [4.78, 5) is 26.2. The van der Waals surface area contributed by atoms with Crippen molar-refractivity contribution in [2.45, 2.75) is 25.5 Å². The van der Waals surface area contributed by atoms with Crippen molar-refractivity contribution < 1.29 is 19.8 Å². The summed E-state index contributed by atoms with van der Waals surface area (Å²) >= 11 is 0. The Morgan fingerprint density at radius 2 is 2.10 bits per heavy atom. The van der Waals surface area contributed by atoms with Crippen molar-refractivity contribution in [3.8, 4) is 0 Å². The molecule has 0 bridgehead atoms. The SMILES string of the molecule is Cc1cccc(N(C)C(=O)N2C[C@@H](O)C[C@H]2C(=O)O)c1. The Labute approximate surface area is 117 Å². The van der Waals surface area contributed by atoms with Crippen LogP contribution in [-0.4, -0.2) is 52.9 Å². The fraction of sp³-hybridized carbons (Fsp3) is 0.429. The topological polar surface area (TPSA) is 81.1 Å². The Morgan fingerprint density at radius 1 is 1.40 bits per heavy atom. The van der Waals surface area contributed by atoms with E-state index < -0.39 is 24.1 Å². The van der Waals surface area contributed by atoms with Crippen LogP contribution >= 0.6 is 0 Å². The van der Waals surface area contributed by atoms with E-state index in [0.29, 0.717) is 5.69 Å². The fourth-order valence-corrected chi connectivity index (χ4v) is 2.40. The van der Waals surface area contributed by atoms with E-state index in [-0.39, 0.29) is 13.0 Å². The van der Waals surface area contributed by atoms with E-state index in [4.69, 9.17) is 5.11 Å². The molecule has 1 aliphatic heterocycles. The van der Waals surface area contributed by atoms with Crippen molar-refractivity contribution in [3.05, 3.63) is 29.8 Å². The third-order valence-electron chi connectivity index (χ3n) is 3.49. The van der Waals surface area contributed by atoms with E-state index in [9.17, 15) is 14.7 Å². The van der Waals surface area contributed by atoms with Crippen LogP contribution in [0.5, 0.6) is 0 Å². The summed E-state index contributed by atoms with van der Waals surface area (Å²) < 4.78 is 0. The van der Waals surface area contributed by atoms with Gasteiger partial charge in [-0.2, -0.15) is 0 Å². The highest BCUT2D eigenvalue weighted by Gasteiger charge is 2.40. The molecule has 0 saturated carbocycles. The minimum absolute atomic E-state index is 0.0476. The summed E-state index contributed by atoms with van der Waals surface area (Å²) in [7, 11) is 1.60. The highest BCUT2D eigenvalue weighted by atomic mass is 16.4. The summed E-state index contributed by atoms with van der Waals surface area (Å²) in [5.41, 5.74) is 1.71. The van der Waals surface area contributed by atoms with Gasteiger partial charge >= 0.3 is 12.0 Å². The Balaban J connectivity index is 2.20. The average Bonchev–Trinajstić information content (AvgIpc) is 2.79. The first-order chi connectivity index (χ1) is 9.40. The fourth-order valence-electron chi connectivity index (χ4n) is 2.40. The third-order valence-corrected chi connectivity index (χ3v) is 3.49. The van der Waals surface area contributed by atoms with Crippen molar-refractivity contribution in [2.75, 3.05) is 18.5 Å². The molecule has 1 aliphatic rings. The van der Waals surface area contributed by atoms with Crippen LogP contribution in [0.2, 0.25) is 0 Å². The number of carbonyl (C=O) groups is 2. The summed E-state index contributed by atoms with van der Waals surface area (Å²) in [6, 6.07) is 6.00. The van der Waals surface area contributed by atoms with Crippen LogP contribution in [0.4, 0.5) is 10.5 Å². The first-order valence-corrected chi connectivity index (χ1v) is 6.42. The normalized spacial score (nSPS) is 21.9. The van der Waals surface area contributed by atoms with Gasteiger partial charge in [0.25, 0.3) is 0 Å². The van der Waals surface area contributed by atoms with Gasteiger partial charge in [-0.1, -0.05) is 12.1 Å². The second-order valence-corrected chi connectivity index (χ2v) is 5.08. The molecule has 2 N–H and O–H groups in total. The molecule has 1 fully saturated rings. The third kappa shape index (κ3) is 2.75. The molecular weight excluding hydrogens is 260 g/mol. The number of carbonyl (C=O) groups excluding carboxylic acids is 1. The molecule has 0 spiro atoms. The molecule has 2 atom stereocenters. The molecule has 0 radical (unpaired) electrons. The number of aliphatic carboxylic acids is 1. The van der Waals surface area contributed by atoms with E-state index in [1.54, 1.807) is 13.1 Å². The number of nitrogens with zero attached hydrogens (tertiary/aromatic N) is 2. The summed E-state index contributed by atoms with van der Waals surface area (Å²) in [5, 5.41) is 18.7. The number of benzene rings is 1. The number of likely N-dealkylation sites (tertiary alicyclic amines) is 1. The number of β-amino-alcohol motifs (C(OH)–C–C–N with tert-alkyl or cyclic N) is 1. The quantitative estimate of drug-likeness (QED) is 0.848. The van der Waals surface area contributed by atoms with E-state index in [0.717, 1.165) is 5.56 Å². The Hall–Kier alpha value is -2.08. The molecule has 1 saturated heterocycles. The van der Waals surface area contributed by atoms with Crippen molar-refractivity contribution in [1.29, 1.82) is 0 Å². The van der Waals surface area contributed by atoms with Crippen LogP contribution in [0.3, 0.4) is 0 Å². The zero-order chi connectivity index (χ0) is 14.9. The van der Waals surface area contributed by atoms with Gasteiger partial charge in [-0.3, -0.25) is 4.90 Å². The highest BCUT2D eigenvalue weighted by Crippen LogP contribution is 2.22. The monoisotopic (exact) mass is 278 g/mol. The Morgan fingerprint density at radius 3 is 2.70 bits per heavy atom. The molecule has 6 nitrogen and oxygen atoms in total. The maximum Gasteiger partial charge on any atom is 0.326 e. The largest absolute Gasteiger partial charge is 0.480 e. The number of hydrogen-bond acceptors (Lipinski definition) is 3. The summed E-state index contributed by atoms with van der Waals surface area (Å²) in [5.74, 6) is -1.09. The first-order valence-electron chi connectivity index (χ1n) is 6.42. The van der Waals surface area contributed by atoms with Crippen LogP contribution in [-0.2, 0) is 4.79 Å². The number of anilines is 1. The molecule has 0 unspecified atom stereocenters. The highest BCUT2D eigenvalue weighted by molar-refractivity contribution is 5.94. The van der Waals surface area contributed by atoms with Gasteiger partial charge in [0.05, 0.1) is 6.10 Å². The second-order valence-electron chi connectivity index (χ2n) is 5.08. The lowest BCUT2D eigenvalue weighted by atomic mass is 10.2. The number of hydrogen-bond donors (Lipinski definition) is 2. The Kier molecular flexibility index (Phi) is 3.94. The number of carboxylic acid groups (broad SMARTS) is 1. The maximum atomic E-state index is 12.4. The number of aryl methyl sites for hydroxylation is 1. The van der Waals surface area contributed by atoms with Crippen molar-refractivity contribution >= 4 is 17.7 Å². The van der Waals surface area contributed by atoms with Crippen LogP contribution in [0, 0.1) is 6.92 Å². The van der Waals surface area contributed by atoms with Crippen molar-refractivity contribution in [2.24, 2.45) is 0 Å². The molecule has 20 heavy (non-hydrogen) atoms. The number of rotatable bonds is 2. The van der Waals surface area contributed by atoms with Crippen LogP contribution in [0.1, 0.15) is 12.0 Å². The lowest BCUT2D eigenvalue weighted by Gasteiger charge is -2.27. The number of aliphatic hydroxyl groups excluding tert-OH is 1. The second kappa shape index (κ2) is 5.50. The lowest BCUT2D eigenvalue weighted by Crippen LogP contribution is -2.47. The van der Waals surface area contributed by atoms with Crippen LogP contribution < -0.4 is 4.90 Å². The van der Waals surface area contributed by atoms with Gasteiger partial charge in [0.2, 0.25) is 0 Å². The zero-order valence-electron chi connectivity index (χ0n) is 11.5. The van der Waals surface area contributed by atoms with Gasteiger partial charge in [-0.05, 0) is 24.6 Å². The molecule has 108 valence electrons. The minimum Gasteiger partial charge on any atom is -0.480 e. The molecule has 0 aliphatic carbocycles. The number of urea groups is 1. The van der Waals surface area contributed by atoms with E-state index in [2.05, 4.69) is 0 Å². The Bertz CT molecular complexity index is 532. The van der Waals surface area contributed by atoms with E-state index >= 15 is 0 Å². The molecule has 2 amide bonds. The van der Waals surface area contributed by atoms with Gasteiger partial charge in [-0.25, -0.2) is 9.59 Å². The maximum absolute atomic E-state index is 12.4. The van der Waals surface area contributed by atoms with Gasteiger partial charge in [0, 0.05) is 25.7 Å². The molecule has 2 rings (SSSR count). The zero-order valence-corrected chi connectivity index (χ0v) is 11.5. The van der Waals surface area contributed by atoms with Gasteiger partial charge in [0.1, 0.15) is 6.04 Å². The number of amides is 2. The smallest absolute Gasteiger partial charge is 0.326 e. The minimum atomic E-state index is -1.09. The van der Waals surface area contributed by atoms with Crippen LogP contribution in [0.15, 0.2) is 24.3 Å². The predicted octanol–water partition coefficient (Wildman–Crippen LogP) is 1.07. The molecule has 1 aromatic carbocycles. The molecule has 1 heterocycles.